The molecule has 2 heterocycles. The predicted molar refractivity (Wildman–Crippen MR) is 54.9 cm³/mol. The normalized spacial score (nSPS) is 32.6. The van der Waals surface area contributed by atoms with Crippen LogP contribution >= 0.6 is 0 Å². The van der Waals surface area contributed by atoms with Gasteiger partial charge in [-0.25, -0.2) is 4.79 Å². The zero-order valence-electron chi connectivity index (χ0n) is 9.13. The summed E-state index contributed by atoms with van der Waals surface area (Å²) in [5.74, 6) is -2.19. The fourth-order valence-electron chi connectivity index (χ4n) is 2.31. The molecule has 7 nitrogen and oxygen atoms in total. The Bertz CT molecular complexity index is 370. The van der Waals surface area contributed by atoms with Crippen LogP contribution in [-0.4, -0.2) is 58.1 Å². The van der Waals surface area contributed by atoms with Crippen molar-refractivity contribution in [1.82, 2.24) is 10.2 Å². The Balaban J connectivity index is 2.07. The lowest BCUT2D eigenvalue weighted by molar-refractivity contribution is -0.149. The van der Waals surface area contributed by atoms with E-state index in [0.717, 1.165) is 4.90 Å². The van der Waals surface area contributed by atoms with Gasteiger partial charge in [-0.05, 0) is 0 Å². The van der Waals surface area contributed by atoms with E-state index in [2.05, 4.69) is 5.32 Å². The van der Waals surface area contributed by atoms with Crippen molar-refractivity contribution in [3.63, 3.8) is 0 Å². The number of β-amino-alcohol motifs (C(OH)–C–C–N with tert-alkyl or cyclic N) is 1. The Morgan fingerprint density at radius 3 is 2.65 bits per heavy atom. The van der Waals surface area contributed by atoms with Gasteiger partial charge in [0.1, 0.15) is 6.04 Å². The molecule has 0 aromatic rings. The van der Waals surface area contributed by atoms with Gasteiger partial charge in [-0.3, -0.25) is 9.59 Å². The van der Waals surface area contributed by atoms with Crippen molar-refractivity contribution in [2.45, 2.75) is 25.0 Å². The molecule has 0 aromatic heterocycles. The molecule has 2 rings (SSSR count). The summed E-state index contributed by atoms with van der Waals surface area (Å²) in [5.41, 5.74) is 0. The lowest BCUT2D eigenvalue weighted by Crippen LogP contribution is -2.44. The molecule has 3 atom stereocenters. The summed E-state index contributed by atoms with van der Waals surface area (Å²) >= 11 is 0. The van der Waals surface area contributed by atoms with E-state index in [1.54, 1.807) is 0 Å². The second-order valence-electron chi connectivity index (χ2n) is 4.44. The molecule has 2 aliphatic heterocycles. The van der Waals surface area contributed by atoms with Gasteiger partial charge in [-0.1, -0.05) is 0 Å². The number of carbonyl (C=O) groups is 3. The third-order valence-corrected chi connectivity index (χ3v) is 3.17. The van der Waals surface area contributed by atoms with E-state index in [-0.39, 0.29) is 37.7 Å². The lowest BCUT2D eigenvalue weighted by Gasteiger charge is -2.23. The number of aliphatic hydroxyl groups is 1. The number of nitrogens with one attached hydrogen (secondary N) is 1. The van der Waals surface area contributed by atoms with Crippen molar-refractivity contribution in [3.8, 4) is 0 Å². The Hall–Kier alpha value is -1.63. The van der Waals surface area contributed by atoms with Crippen LogP contribution in [0.5, 0.6) is 0 Å². The summed E-state index contributed by atoms with van der Waals surface area (Å²) in [7, 11) is 0. The lowest BCUT2D eigenvalue weighted by atomic mass is 10.1. The minimum atomic E-state index is -1.12. The van der Waals surface area contributed by atoms with E-state index in [4.69, 9.17) is 5.11 Å². The van der Waals surface area contributed by atoms with Crippen LogP contribution in [0.3, 0.4) is 0 Å². The second-order valence-corrected chi connectivity index (χ2v) is 4.44. The highest BCUT2D eigenvalue weighted by molar-refractivity contribution is 5.91. The van der Waals surface area contributed by atoms with Crippen LogP contribution in [0.1, 0.15) is 12.8 Å². The zero-order chi connectivity index (χ0) is 12.6. The van der Waals surface area contributed by atoms with Crippen LogP contribution in [0.2, 0.25) is 0 Å². The highest BCUT2D eigenvalue weighted by Gasteiger charge is 2.42. The summed E-state index contributed by atoms with van der Waals surface area (Å²) in [5, 5.41) is 20.9. The average Bonchev–Trinajstić information content (AvgIpc) is 2.83. The molecule has 0 aliphatic carbocycles. The Labute approximate surface area is 97.4 Å². The molecule has 0 spiro atoms. The number of hydrogen-bond acceptors (Lipinski definition) is 4. The second kappa shape index (κ2) is 4.33. The number of hydrogen-bond donors (Lipinski definition) is 3. The van der Waals surface area contributed by atoms with Gasteiger partial charge in [0.05, 0.1) is 12.0 Å². The SMILES string of the molecule is O=C1CC(C(=O)N2CC(O)C[C@H]2C(=O)O)CN1. The molecule has 17 heavy (non-hydrogen) atoms. The number of rotatable bonds is 2. The topological polar surface area (TPSA) is 107 Å². The van der Waals surface area contributed by atoms with Gasteiger partial charge in [0.25, 0.3) is 0 Å². The van der Waals surface area contributed by atoms with Crippen LogP contribution in [0.15, 0.2) is 0 Å². The first-order valence-corrected chi connectivity index (χ1v) is 5.47. The number of carboxylic acids is 1. The maximum Gasteiger partial charge on any atom is 0.326 e. The molecule has 94 valence electrons. The summed E-state index contributed by atoms with van der Waals surface area (Å²) in [4.78, 5) is 35.1. The first-order chi connectivity index (χ1) is 7.99. The molecule has 0 saturated carbocycles. The van der Waals surface area contributed by atoms with Gasteiger partial charge in [0, 0.05) is 25.9 Å². The molecule has 2 aliphatic rings. The van der Waals surface area contributed by atoms with Crippen LogP contribution in [0.4, 0.5) is 0 Å². The molecule has 3 N–H and O–H groups in total. The van der Waals surface area contributed by atoms with Crippen LogP contribution in [-0.2, 0) is 14.4 Å². The molecule has 2 saturated heterocycles. The average molecular weight is 242 g/mol. The van der Waals surface area contributed by atoms with Crippen molar-refractivity contribution < 1.29 is 24.6 Å². The number of amides is 2. The molecule has 7 heteroatoms. The Morgan fingerprint density at radius 2 is 2.12 bits per heavy atom. The summed E-state index contributed by atoms with van der Waals surface area (Å²) in [6.45, 7) is 0.275. The first kappa shape index (κ1) is 11.8. The van der Waals surface area contributed by atoms with Crippen molar-refractivity contribution in [2.75, 3.05) is 13.1 Å². The van der Waals surface area contributed by atoms with Crippen LogP contribution in [0, 0.1) is 5.92 Å². The van der Waals surface area contributed by atoms with E-state index in [9.17, 15) is 19.5 Å². The molecule has 0 radical (unpaired) electrons. The zero-order valence-corrected chi connectivity index (χ0v) is 9.13. The Morgan fingerprint density at radius 1 is 1.41 bits per heavy atom. The minimum absolute atomic E-state index is 0.0283. The van der Waals surface area contributed by atoms with E-state index in [1.165, 1.54) is 0 Å². The van der Waals surface area contributed by atoms with Gasteiger partial charge in [0.15, 0.2) is 0 Å². The van der Waals surface area contributed by atoms with E-state index < -0.39 is 24.0 Å². The van der Waals surface area contributed by atoms with E-state index in [0.29, 0.717) is 0 Å². The number of likely N-dealkylation sites (tertiary alicyclic amines) is 1. The monoisotopic (exact) mass is 242 g/mol. The van der Waals surface area contributed by atoms with E-state index >= 15 is 0 Å². The molecule has 2 amide bonds. The minimum Gasteiger partial charge on any atom is -0.480 e. The fourth-order valence-corrected chi connectivity index (χ4v) is 2.31. The maximum atomic E-state index is 12.0. The number of carbonyl (C=O) groups excluding carboxylic acids is 2. The van der Waals surface area contributed by atoms with Crippen molar-refractivity contribution in [2.24, 2.45) is 5.92 Å². The number of nitrogens with zero attached hydrogens (tertiary/aromatic N) is 1. The van der Waals surface area contributed by atoms with Gasteiger partial charge in [0.2, 0.25) is 11.8 Å². The van der Waals surface area contributed by atoms with Gasteiger partial charge in [-0.2, -0.15) is 0 Å². The standard InChI is InChI=1S/C10H14N2O5/c13-6-2-7(10(16)17)12(4-6)9(15)5-1-8(14)11-3-5/h5-7,13H,1-4H2,(H,11,14)(H,16,17)/t5?,6?,7-/m0/s1. The van der Waals surface area contributed by atoms with Crippen molar-refractivity contribution in [1.29, 1.82) is 0 Å². The van der Waals surface area contributed by atoms with Crippen LogP contribution < -0.4 is 5.32 Å². The molecule has 0 aromatic carbocycles. The molecule has 2 unspecified atom stereocenters. The maximum absolute atomic E-state index is 12.0. The van der Waals surface area contributed by atoms with Gasteiger partial charge in [-0.15, -0.1) is 0 Å². The largest absolute Gasteiger partial charge is 0.480 e. The van der Waals surface area contributed by atoms with Gasteiger partial charge < -0.3 is 20.4 Å². The summed E-state index contributed by atoms with van der Waals surface area (Å²) in [6.07, 6.45) is -0.655. The molecule has 0 bridgehead atoms. The van der Waals surface area contributed by atoms with E-state index in [1.807, 2.05) is 0 Å². The number of carboxylic acid groups (broad SMARTS) is 1. The first-order valence-electron chi connectivity index (χ1n) is 5.47. The predicted octanol–water partition coefficient (Wildman–Crippen LogP) is -1.83. The van der Waals surface area contributed by atoms with Crippen LogP contribution in [0.25, 0.3) is 0 Å². The van der Waals surface area contributed by atoms with Crippen molar-refractivity contribution >= 4 is 17.8 Å². The highest BCUT2D eigenvalue weighted by atomic mass is 16.4. The third-order valence-electron chi connectivity index (χ3n) is 3.17. The van der Waals surface area contributed by atoms with Crippen molar-refractivity contribution in [3.05, 3.63) is 0 Å². The fraction of sp³-hybridized carbons (Fsp3) is 0.700. The molecular formula is C10H14N2O5. The quantitative estimate of drug-likeness (QED) is 0.528. The number of aliphatic hydroxyl groups excluding tert-OH is 1. The smallest absolute Gasteiger partial charge is 0.326 e. The summed E-state index contributed by atoms with van der Waals surface area (Å²) < 4.78 is 0. The molecular weight excluding hydrogens is 228 g/mol. The highest BCUT2D eigenvalue weighted by Crippen LogP contribution is 2.23. The summed E-state index contributed by atoms with van der Waals surface area (Å²) in [6, 6.07) is -0.979. The number of aliphatic carboxylic acids is 1. The molecule has 2 fully saturated rings. The van der Waals surface area contributed by atoms with Gasteiger partial charge >= 0.3 is 5.97 Å². The third kappa shape index (κ3) is 2.23. The Kier molecular flexibility index (Phi) is 3.01.